The molecule has 0 atom stereocenters. The molecule has 0 saturated carbocycles. The summed E-state index contributed by atoms with van der Waals surface area (Å²) >= 11 is 0. The van der Waals surface area contributed by atoms with E-state index >= 15 is 0 Å². The highest BCUT2D eigenvalue weighted by Gasteiger charge is 2.01. The summed E-state index contributed by atoms with van der Waals surface area (Å²) in [6.07, 6.45) is 2.89. The lowest BCUT2D eigenvalue weighted by atomic mass is 10.1. The molecule has 5 heteroatoms. The summed E-state index contributed by atoms with van der Waals surface area (Å²) < 4.78 is 0. The number of nitrogens with one attached hydrogen (secondary N) is 1. The van der Waals surface area contributed by atoms with E-state index in [0.717, 1.165) is 29.4 Å². The molecule has 114 valence electrons. The molecule has 0 bridgehead atoms. The summed E-state index contributed by atoms with van der Waals surface area (Å²) in [7, 11) is 0. The molecule has 0 aliphatic rings. The predicted octanol–water partition coefficient (Wildman–Crippen LogP) is 3.30. The number of pyridine rings is 1. The predicted molar refractivity (Wildman–Crippen MR) is 99.9 cm³/mol. The number of aliphatic imine (C=N–C) groups is 1. The van der Waals surface area contributed by atoms with Crippen molar-refractivity contribution in [3.63, 3.8) is 0 Å². The Bertz CT molecular complexity index is 590. The quantitative estimate of drug-likeness (QED) is 0.462. The van der Waals surface area contributed by atoms with Gasteiger partial charge in [-0.3, -0.25) is 4.98 Å². The fourth-order valence-corrected chi connectivity index (χ4v) is 2.01. The van der Waals surface area contributed by atoms with E-state index in [0.29, 0.717) is 18.4 Å². The zero-order valence-electron chi connectivity index (χ0n) is 12.5. The van der Waals surface area contributed by atoms with Crippen LogP contribution in [0.3, 0.4) is 0 Å². The van der Waals surface area contributed by atoms with E-state index in [1.807, 2.05) is 18.2 Å². The van der Waals surface area contributed by atoms with Crippen molar-refractivity contribution in [1.29, 1.82) is 0 Å². The Morgan fingerprint density at radius 2 is 2.05 bits per heavy atom. The van der Waals surface area contributed by atoms with E-state index in [1.54, 1.807) is 6.20 Å². The van der Waals surface area contributed by atoms with Crippen LogP contribution in [0.5, 0.6) is 0 Å². The zero-order valence-corrected chi connectivity index (χ0v) is 14.9. The number of rotatable bonds is 5. The summed E-state index contributed by atoms with van der Waals surface area (Å²) in [5, 5.41) is 4.27. The minimum Gasteiger partial charge on any atom is -0.370 e. The Morgan fingerprint density at radius 3 is 2.81 bits per heavy atom. The maximum absolute atomic E-state index is 5.87. The SMILES string of the molecule is CC(C)CCNC(N)=NCc1cccc2cccnc12.I. The zero-order chi connectivity index (χ0) is 14.4. The maximum Gasteiger partial charge on any atom is 0.188 e. The Kier molecular flexibility index (Phi) is 7.42. The second-order valence-corrected chi connectivity index (χ2v) is 5.30. The molecule has 4 nitrogen and oxygen atoms in total. The van der Waals surface area contributed by atoms with Crippen LogP contribution in [-0.4, -0.2) is 17.5 Å². The molecule has 0 spiro atoms. The molecule has 2 aromatic rings. The van der Waals surface area contributed by atoms with Gasteiger partial charge >= 0.3 is 0 Å². The number of hydrogen-bond donors (Lipinski definition) is 2. The fourth-order valence-electron chi connectivity index (χ4n) is 2.01. The van der Waals surface area contributed by atoms with Crippen molar-refractivity contribution in [2.75, 3.05) is 6.54 Å². The van der Waals surface area contributed by atoms with Gasteiger partial charge in [-0.25, -0.2) is 4.99 Å². The Morgan fingerprint density at radius 1 is 1.29 bits per heavy atom. The topological polar surface area (TPSA) is 63.3 Å². The van der Waals surface area contributed by atoms with Crippen LogP contribution >= 0.6 is 24.0 Å². The number of hydrogen-bond acceptors (Lipinski definition) is 2. The molecule has 0 amide bonds. The number of nitrogens with zero attached hydrogens (tertiary/aromatic N) is 2. The Balaban J connectivity index is 0.00000220. The van der Waals surface area contributed by atoms with E-state index in [1.165, 1.54) is 0 Å². The van der Waals surface area contributed by atoms with Crippen LogP contribution in [0.1, 0.15) is 25.8 Å². The lowest BCUT2D eigenvalue weighted by Gasteiger charge is -2.08. The van der Waals surface area contributed by atoms with Gasteiger partial charge in [0.15, 0.2) is 5.96 Å². The summed E-state index contributed by atoms with van der Waals surface area (Å²) in [6.45, 7) is 5.79. The average molecular weight is 398 g/mol. The van der Waals surface area contributed by atoms with Crippen molar-refractivity contribution in [1.82, 2.24) is 10.3 Å². The number of halogens is 1. The number of para-hydroxylation sites is 1. The largest absolute Gasteiger partial charge is 0.370 e. The molecule has 0 fully saturated rings. The first kappa shape index (κ1) is 17.7. The van der Waals surface area contributed by atoms with Crippen molar-refractivity contribution in [3.05, 3.63) is 42.1 Å². The van der Waals surface area contributed by atoms with Crippen molar-refractivity contribution in [2.24, 2.45) is 16.6 Å². The van der Waals surface area contributed by atoms with Crippen LogP contribution in [0.15, 0.2) is 41.5 Å². The number of benzene rings is 1. The third-order valence-corrected chi connectivity index (χ3v) is 3.16. The molecular weight excluding hydrogens is 375 g/mol. The highest BCUT2D eigenvalue weighted by atomic mass is 127. The summed E-state index contributed by atoms with van der Waals surface area (Å²) in [4.78, 5) is 8.80. The van der Waals surface area contributed by atoms with Crippen LogP contribution in [0.25, 0.3) is 10.9 Å². The number of guanidine groups is 1. The molecule has 1 aromatic carbocycles. The first-order valence-electron chi connectivity index (χ1n) is 7.03. The van der Waals surface area contributed by atoms with Crippen LogP contribution in [0.2, 0.25) is 0 Å². The standard InChI is InChI=1S/C16H22N4.HI/c1-12(2)8-10-19-16(17)20-11-14-6-3-5-13-7-4-9-18-15(13)14;/h3-7,9,12H,8,10-11H2,1-2H3,(H3,17,19,20);1H. The van der Waals surface area contributed by atoms with Crippen molar-refractivity contribution in [2.45, 2.75) is 26.8 Å². The smallest absolute Gasteiger partial charge is 0.188 e. The number of nitrogens with two attached hydrogens (primary N) is 1. The molecule has 0 aliphatic carbocycles. The Labute approximate surface area is 143 Å². The summed E-state index contributed by atoms with van der Waals surface area (Å²) in [6, 6.07) is 10.1. The summed E-state index contributed by atoms with van der Waals surface area (Å²) in [5.41, 5.74) is 7.96. The monoisotopic (exact) mass is 398 g/mol. The fraction of sp³-hybridized carbons (Fsp3) is 0.375. The number of fused-ring (bicyclic) bond motifs is 1. The van der Waals surface area contributed by atoms with Gasteiger partial charge < -0.3 is 11.1 Å². The minimum absolute atomic E-state index is 0. The highest BCUT2D eigenvalue weighted by molar-refractivity contribution is 14.0. The molecule has 0 saturated heterocycles. The maximum atomic E-state index is 5.87. The molecule has 21 heavy (non-hydrogen) atoms. The van der Waals surface area contributed by atoms with Gasteiger partial charge in [-0.15, -0.1) is 24.0 Å². The molecule has 1 heterocycles. The minimum atomic E-state index is 0. The third-order valence-electron chi connectivity index (χ3n) is 3.16. The van der Waals surface area contributed by atoms with Gasteiger partial charge in [-0.1, -0.05) is 38.1 Å². The molecule has 3 N–H and O–H groups in total. The van der Waals surface area contributed by atoms with E-state index in [-0.39, 0.29) is 24.0 Å². The van der Waals surface area contributed by atoms with Crippen LogP contribution in [0.4, 0.5) is 0 Å². The van der Waals surface area contributed by atoms with Gasteiger partial charge in [0, 0.05) is 18.1 Å². The average Bonchev–Trinajstić information content (AvgIpc) is 2.44. The van der Waals surface area contributed by atoms with Gasteiger partial charge in [0.2, 0.25) is 0 Å². The molecule has 0 aliphatic heterocycles. The lowest BCUT2D eigenvalue weighted by molar-refractivity contribution is 0.576. The third kappa shape index (κ3) is 5.49. The first-order chi connectivity index (χ1) is 9.66. The van der Waals surface area contributed by atoms with Crippen molar-refractivity contribution < 1.29 is 0 Å². The Hall–Kier alpha value is -1.37. The van der Waals surface area contributed by atoms with Gasteiger partial charge in [-0.2, -0.15) is 0 Å². The van der Waals surface area contributed by atoms with Crippen LogP contribution < -0.4 is 11.1 Å². The summed E-state index contributed by atoms with van der Waals surface area (Å²) in [5.74, 6) is 1.16. The van der Waals surface area contributed by atoms with E-state index in [2.05, 4.69) is 41.3 Å². The molecule has 1 aromatic heterocycles. The number of aromatic nitrogens is 1. The lowest BCUT2D eigenvalue weighted by Crippen LogP contribution is -2.32. The van der Waals surface area contributed by atoms with Crippen molar-refractivity contribution in [3.8, 4) is 0 Å². The van der Waals surface area contributed by atoms with Crippen LogP contribution in [0, 0.1) is 5.92 Å². The van der Waals surface area contributed by atoms with Gasteiger partial charge in [0.25, 0.3) is 0 Å². The highest BCUT2D eigenvalue weighted by Crippen LogP contribution is 2.16. The van der Waals surface area contributed by atoms with E-state index in [9.17, 15) is 0 Å². The van der Waals surface area contributed by atoms with Gasteiger partial charge in [0.05, 0.1) is 12.1 Å². The molecule has 0 unspecified atom stereocenters. The first-order valence-corrected chi connectivity index (χ1v) is 7.03. The molecule has 2 rings (SSSR count). The van der Waals surface area contributed by atoms with E-state index < -0.39 is 0 Å². The molecule has 0 radical (unpaired) electrons. The van der Waals surface area contributed by atoms with Crippen LogP contribution in [-0.2, 0) is 6.54 Å². The van der Waals surface area contributed by atoms with Gasteiger partial charge in [-0.05, 0) is 24.0 Å². The van der Waals surface area contributed by atoms with E-state index in [4.69, 9.17) is 5.73 Å². The molecular formula is C16H23IN4. The normalized spacial score (nSPS) is 11.5. The van der Waals surface area contributed by atoms with Crippen molar-refractivity contribution >= 4 is 40.8 Å². The second kappa shape index (κ2) is 8.81. The second-order valence-electron chi connectivity index (χ2n) is 5.30. The van der Waals surface area contributed by atoms with Gasteiger partial charge in [0.1, 0.15) is 0 Å².